The van der Waals surface area contributed by atoms with Gasteiger partial charge < -0.3 is 10.2 Å². The molecule has 0 radical (unpaired) electrons. The number of benzene rings is 2. The molecule has 2 nitrogen and oxygen atoms in total. The summed E-state index contributed by atoms with van der Waals surface area (Å²) in [5.74, 6) is 0.0884. The Balaban J connectivity index is 1.55. The summed E-state index contributed by atoms with van der Waals surface area (Å²) in [5, 5.41) is 22.2. The lowest BCUT2D eigenvalue weighted by Gasteiger charge is -2.10. The molecule has 0 aliphatic carbocycles. The van der Waals surface area contributed by atoms with E-state index in [2.05, 4.69) is 6.92 Å². The van der Waals surface area contributed by atoms with E-state index in [1.165, 1.54) is 77.0 Å². The number of phenolic OH excluding ortho intramolecular Hbond substituents is 2. The van der Waals surface area contributed by atoms with Gasteiger partial charge in [-0.2, -0.15) is 0 Å². The molecule has 0 aliphatic rings. The standard InChI is InChI=1S/C25H38O2/c1-2-3-4-5-6-7-8-9-10-11-12-13-14-18-22-20-21-17-15-16-19-23(21)25(27)24(22)26/h15-17,19-20,26-27H,2-14,18H2,1H3. The van der Waals surface area contributed by atoms with E-state index in [1.807, 2.05) is 30.3 Å². The lowest BCUT2D eigenvalue weighted by Crippen LogP contribution is -1.89. The van der Waals surface area contributed by atoms with Gasteiger partial charge in [-0.3, -0.25) is 0 Å². The number of aryl methyl sites for hydroxylation is 1. The number of unbranched alkanes of at least 4 members (excludes halogenated alkanes) is 12. The number of aromatic hydroxyl groups is 2. The van der Waals surface area contributed by atoms with E-state index >= 15 is 0 Å². The van der Waals surface area contributed by atoms with Crippen molar-refractivity contribution < 1.29 is 10.2 Å². The quantitative estimate of drug-likeness (QED) is 0.262. The van der Waals surface area contributed by atoms with Crippen molar-refractivity contribution in [2.75, 3.05) is 0 Å². The lowest BCUT2D eigenvalue weighted by atomic mass is 9.99. The van der Waals surface area contributed by atoms with Gasteiger partial charge in [0.1, 0.15) is 0 Å². The molecule has 0 heterocycles. The minimum absolute atomic E-state index is 0.0257. The topological polar surface area (TPSA) is 40.5 Å². The first-order valence-corrected chi connectivity index (χ1v) is 11.2. The molecule has 0 saturated carbocycles. The lowest BCUT2D eigenvalue weighted by molar-refractivity contribution is 0.403. The third-order valence-corrected chi connectivity index (χ3v) is 5.62. The summed E-state index contributed by atoms with van der Waals surface area (Å²) in [5.41, 5.74) is 0.870. The summed E-state index contributed by atoms with van der Waals surface area (Å²) in [7, 11) is 0. The zero-order valence-corrected chi connectivity index (χ0v) is 17.2. The Hall–Kier alpha value is -1.70. The second-order valence-electron chi connectivity index (χ2n) is 7.95. The first-order valence-electron chi connectivity index (χ1n) is 11.2. The Morgan fingerprint density at radius 3 is 1.74 bits per heavy atom. The molecule has 2 N–H and O–H groups in total. The van der Waals surface area contributed by atoms with Gasteiger partial charge in [0.25, 0.3) is 0 Å². The highest BCUT2D eigenvalue weighted by atomic mass is 16.3. The molecule has 0 saturated heterocycles. The predicted molar refractivity (Wildman–Crippen MR) is 117 cm³/mol. The number of rotatable bonds is 14. The Bertz CT molecular complexity index is 663. The highest BCUT2D eigenvalue weighted by molar-refractivity contribution is 5.91. The molecular weight excluding hydrogens is 332 g/mol. The zero-order valence-electron chi connectivity index (χ0n) is 17.2. The summed E-state index contributed by atoms with van der Waals surface area (Å²) >= 11 is 0. The molecule has 2 aromatic carbocycles. The van der Waals surface area contributed by atoms with Gasteiger partial charge in [0.2, 0.25) is 0 Å². The molecule has 0 aromatic heterocycles. The van der Waals surface area contributed by atoms with Crippen molar-refractivity contribution in [1.29, 1.82) is 0 Å². The van der Waals surface area contributed by atoms with Gasteiger partial charge in [-0.1, -0.05) is 108 Å². The maximum Gasteiger partial charge on any atom is 0.165 e. The predicted octanol–water partition coefficient (Wildman–Crippen LogP) is 7.88. The SMILES string of the molecule is CCCCCCCCCCCCCCCc1cc2ccccc2c(O)c1O. The average molecular weight is 371 g/mol. The van der Waals surface area contributed by atoms with E-state index in [0.717, 1.165) is 29.2 Å². The van der Waals surface area contributed by atoms with E-state index in [-0.39, 0.29) is 11.5 Å². The molecule has 2 aromatic rings. The van der Waals surface area contributed by atoms with E-state index < -0.39 is 0 Å². The molecule has 0 aliphatic heterocycles. The maximum absolute atomic E-state index is 10.2. The van der Waals surface area contributed by atoms with Gasteiger partial charge in [-0.15, -0.1) is 0 Å². The van der Waals surface area contributed by atoms with E-state index in [0.29, 0.717) is 0 Å². The number of phenols is 2. The molecule has 2 rings (SSSR count). The minimum Gasteiger partial charge on any atom is -0.504 e. The summed E-state index contributed by atoms with van der Waals surface area (Å²) < 4.78 is 0. The van der Waals surface area contributed by atoms with Crippen LogP contribution >= 0.6 is 0 Å². The molecule has 0 atom stereocenters. The number of hydrogen-bond acceptors (Lipinski definition) is 2. The largest absolute Gasteiger partial charge is 0.504 e. The zero-order chi connectivity index (χ0) is 19.3. The number of fused-ring (bicyclic) bond motifs is 1. The van der Waals surface area contributed by atoms with Crippen LogP contribution in [-0.4, -0.2) is 10.2 Å². The first kappa shape index (κ1) is 21.6. The van der Waals surface area contributed by atoms with Crippen LogP contribution in [0.3, 0.4) is 0 Å². The molecular formula is C25H38O2. The van der Waals surface area contributed by atoms with E-state index in [4.69, 9.17) is 0 Å². The highest BCUT2D eigenvalue weighted by Gasteiger charge is 2.11. The van der Waals surface area contributed by atoms with Crippen LogP contribution in [0.5, 0.6) is 11.5 Å². The van der Waals surface area contributed by atoms with Crippen molar-refractivity contribution in [3.8, 4) is 11.5 Å². The second kappa shape index (κ2) is 12.6. The van der Waals surface area contributed by atoms with Crippen LogP contribution in [0.1, 0.15) is 96.0 Å². The van der Waals surface area contributed by atoms with Gasteiger partial charge in [-0.05, 0) is 29.9 Å². The molecule has 0 unspecified atom stereocenters. The van der Waals surface area contributed by atoms with E-state index in [9.17, 15) is 10.2 Å². The van der Waals surface area contributed by atoms with Crippen molar-refractivity contribution in [2.24, 2.45) is 0 Å². The van der Waals surface area contributed by atoms with Crippen LogP contribution in [0, 0.1) is 0 Å². The summed E-state index contributed by atoms with van der Waals surface area (Å²) in [4.78, 5) is 0. The molecule has 27 heavy (non-hydrogen) atoms. The Morgan fingerprint density at radius 2 is 1.15 bits per heavy atom. The molecule has 0 spiro atoms. The third kappa shape index (κ3) is 7.44. The molecule has 2 heteroatoms. The van der Waals surface area contributed by atoms with Crippen LogP contribution in [0.2, 0.25) is 0 Å². The number of hydrogen-bond donors (Lipinski definition) is 2. The average Bonchev–Trinajstić information content (AvgIpc) is 2.69. The Kier molecular flexibility index (Phi) is 10.1. The normalized spacial score (nSPS) is 11.3. The van der Waals surface area contributed by atoms with Crippen molar-refractivity contribution in [1.82, 2.24) is 0 Å². The van der Waals surface area contributed by atoms with Crippen molar-refractivity contribution in [3.05, 3.63) is 35.9 Å². The Morgan fingerprint density at radius 1 is 0.630 bits per heavy atom. The van der Waals surface area contributed by atoms with Crippen molar-refractivity contribution in [2.45, 2.75) is 96.8 Å². The second-order valence-corrected chi connectivity index (χ2v) is 7.95. The first-order chi connectivity index (χ1) is 13.2. The fraction of sp³-hybridized carbons (Fsp3) is 0.600. The van der Waals surface area contributed by atoms with Crippen LogP contribution in [0.25, 0.3) is 10.8 Å². The van der Waals surface area contributed by atoms with Gasteiger partial charge in [-0.25, -0.2) is 0 Å². The van der Waals surface area contributed by atoms with Gasteiger partial charge in [0, 0.05) is 5.39 Å². The van der Waals surface area contributed by atoms with Crippen molar-refractivity contribution >= 4 is 10.8 Å². The highest BCUT2D eigenvalue weighted by Crippen LogP contribution is 2.37. The van der Waals surface area contributed by atoms with Gasteiger partial charge in [0.15, 0.2) is 11.5 Å². The van der Waals surface area contributed by atoms with Crippen LogP contribution in [-0.2, 0) is 6.42 Å². The molecule has 0 amide bonds. The van der Waals surface area contributed by atoms with Crippen LogP contribution in [0.15, 0.2) is 30.3 Å². The third-order valence-electron chi connectivity index (χ3n) is 5.62. The van der Waals surface area contributed by atoms with Crippen LogP contribution in [0.4, 0.5) is 0 Å². The van der Waals surface area contributed by atoms with Gasteiger partial charge >= 0.3 is 0 Å². The fourth-order valence-corrected chi connectivity index (χ4v) is 3.90. The molecule has 150 valence electrons. The van der Waals surface area contributed by atoms with E-state index in [1.54, 1.807) is 0 Å². The maximum atomic E-state index is 10.2. The summed E-state index contributed by atoms with van der Waals surface area (Å²) in [6.45, 7) is 2.27. The fourth-order valence-electron chi connectivity index (χ4n) is 3.90. The van der Waals surface area contributed by atoms with Crippen LogP contribution < -0.4 is 0 Å². The molecule has 0 bridgehead atoms. The molecule has 0 fully saturated rings. The summed E-state index contributed by atoms with van der Waals surface area (Å²) in [6, 6.07) is 9.70. The van der Waals surface area contributed by atoms with Gasteiger partial charge in [0.05, 0.1) is 0 Å². The minimum atomic E-state index is 0.0257. The summed E-state index contributed by atoms with van der Waals surface area (Å²) in [6.07, 6.45) is 18.2. The van der Waals surface area contributed by atoms with Crippen molar-refractivity contribution in [3.63, 3.8) is 0 Å². The smallest absolute Gasteiger partial charge is 0.165 e. The monoisotopic (exact) mass is 370 g/mol. The Labute approximate surface area is 165 Å².